The molecule has 3 nitrogen and oxygen atoms in total. The molecule has 0 unspecified atom stereocenters. The maximum atomic E-state index is 9.09. The summed E-state index contributed by atoms with van der Waals surface area (Å²) >= 11 is 0. The van der Waals surface area contributed by atoms with E-state index in [0.29, 0.717) is 0 Å². The van der Waals surface area contributed by atoms with Gasteiger partial charge in [-0.1, -0.05) is 0 Å². The van der Waals surface area contributed by atoms with Gasteiger partial charge in [-0.05, 0) is 0 Å². The Morgan fingerprint density at radius 2 is 1.40 bits per heavy atom. The Morgan fingerprint density at radius 3 is 1.40 bits per heavy atom. The second-order valence-electron chi connectivity index (χ2n) is 4.33. The first kappa shape index (κ1) is 10.5. The molecule has 0 heterocycles. The average molecular weight is 184 g/mol. The molecular formula is C5H17O3PSi. The normalized spacial score (nSPS) is 18.1. The maximum absolute atomic E-state index is 9.09. The Bertz CT molecular complexity index is 123. The van der Waals surface area contributed by atoms with Gasteiger partial charge in [-0.25, -0.2) is 0 Å². The van der Waals surface area contributed by atoms with Crippen LogP contribution in [0.3, 0.4) is 0 Å². The van der Waals surface area contributed by atoms with Crippen molar-refractivity contribution in [1.82, 2.24) is 0 Å². The van der Waals surface area contributed by atoms with Gasteiger partial charge in [0.2, 0.25) is 0 Å². The average Bonchev–Trinajstić information content (AvgIpc) is 1.09. The zero-order valence-corrected chi connectivity index (χ0v) is 8.89. The number of hydrogen-bond donors (Lipinski definition) is 3. The van der Waals surface area contributed by atoms with Gasteiger partial charge in [-0.3, -0.25) is 0 Å². The van der Waals surface area contributed by atoms with Crippen molar-refractivity contribution in [2.45, 2.75) is 19.6 Å². The molecule has 3 N–H and O–H groups in total. The molecule has 0 bridgehead atoms. The minimum atomic E-state index is -4.18. The molecule has 0 radical (unpaired) electrons. The molecule has 0 aromatic carbocycles. The summed E-state index contributed by atoms with van der Waals surface area (Å²) < 4.78 is 0. The summed E-state index contributed by atoms with van der Waals surface area (Å²) in [6.45, 7) is 7.10. The van der Waals surface area contributed by atoms with Crippen molar-refractivity contribution in [2.24, 2.45) is 0 Å². The van der Waals surface area contributed by atoms with Gasteiger partial charge in [0.15, 0.2) is 0 Å². The quantitative estimate of drug-likeness (QED) is 0.439. The molecule has 0 spiro atoms. The van der Waals surface area contributed by atoms with Gasteiger partial charge in [0.05, 0.1) is 0 Å². The van der Waals surface area contributed by atoms with Crippen LogP contribution >= 0.6 is 7.28 Å². The molecule has 10 heavy (non-hydrogen) atoms. The zero-order valence-electron chi connectivity index (χ0n) is 7.00. The summed E-state index contributed by atoms with van der Waals surface area (Å²) in [7, 11) is -5.74. The molecular weight excluding hydrogens is 167 g/mol. The molecule has 64 valence electrons. The predicted molar refractivity (Wildman–Crippen MR) is 47.7 cm³/mol. The summed E-state index contributed by atoms with van der Waals surface area (Å²) in [5.74, 6) is 0.193. The Kier molecular flexibility index (Phi) is 2.37. The van der Waals surface area contributed by atoms with E-state index in [4.69, 9.17) is 14.7 Å². The second kappa shape index (κ2) is 2.25. The summed E-state index contributed by atoms with van der Waals surface area (Å²) in [5, 5.41) is 0. The predicted octanol–water partition coefficient (Wildman–Crippen LogP) is 0.769. The van der Waals surface area contributed by atoms with Crippen molar-refractivity contribution in [2.75, 3.05) is 12.5 Å². The number of hydrogen-bond acceptors (Lipinski definition) is 3. The molecule has 0 aliphatic heterocycles. The van der Waals surface area contributed by atoms with Crippen LogP contribution < -0.4 is 0 Å². The van der Waals surface area contributed by atoms with Crippen LogP contribution in [-0.4, -0.2) is 35.2 Å². The van der Waals surface area contributed by atoms with E-state index in [1.165, 1.54) is 0 Å². The van der Waals surface area contributed by atoms with E-state index in [1.54, 1.807) is 0 Å². The molecule has 5 heteroatoms. The van der Waals surface area contributed by atoms with Gasteiger partial charge in [0, 0.05) is 0 Å². The molecule has 0 aromatic rings. The molecule has 0 aliphatic rings. The van der Waals surface area contributed by atoms with Crippen molar-refractivity contribution < 1.29 is 14.7 Å². The molecule has 0 amide bonds. The third kappa shape index (κ3) is 8.53. The Hall–Kier alpha value is 0.527. The van der Waals surface area contributed by atoms with Crippen LogP contribution in [0.5, 0.6) is 0 Å². The van der Waals surface area contributed by atoms with Gasteiger partial charge in [-0.2, -0.15) is 0 Å². The fourth-order valence-corrected chi connectivity index (χ4v) is 10.00. The molecule has 0 aliphatic carbocycles. The van der Waals surface area contributed by atoms with Crippen LogP contribution in [0, 0.1) is 0 Å². The van der Waals surface area contributed by atoms with Crippen molar-refractivity contribution in [3.05, 3.63) is 0 Å². The van der Waals surface area contributed by atoms with Crippen LogP contribution in [-0.2, 0) is 0 Å². The van der Waals surface area contributed by atoms with E-state index in [-0.39, 0.29) is 5.79 Å². The van der Waals surface area contributed by atoms with Crippen LogP contribution in [0.25, 0.3) is 0 Å². The summed E-state index contributed by atoms with van der Waals surface area (Å²) in [6, 6.07) is 0. The first-order valence-corrected chi connectivity index (χ1v) is 9.65. The van der Waals surface area contributed by atoms with Crippen LogP contribution in [0.1, 0.15) is 0 Å². The molecule has 0 saturated heterocycles. The van der Waals surface area contributed by atoms with Gasteiger partial charge in [0.25, 0.3) is 0 Å². The van der Waals surface area contributed by atoms with E-state index in [9.17, 15) is 0 Å². The fourth-order valence-electron chi connectivity index (χ4n) is 1.11. The van der Waals surface area contributed by atoms with E-state index in [2.05, 4.69) is 0 Å². The topological polar surface area (TPSA) is 60.7 Å². The van der Waals surface area contributed by atoms with E-state index < -0.39 is 15.4 Å². The van der Waals surface area contributed by atoms with E-state index in [0.717, 1.165) is 6.66 Å². The van der Waals surface area contributed by atoms with E-state index in [1.807, 2.05) is 19.6 Å². The molecule has 0 aromatic heterocycles. The Labute approximate surface area is 62.9 Å². The van der Waals surface area contributed by atoms with Crippen molar-refractivity contribution in [3.8, 4) is 0 Å². The third-order valence-corrected chi connectivity index (χ3v) is 7.60. The minimum absolute atomic E-state index is 0.193. The SMILES string of the molecule is C[Si](C)(C)CP(C)(O)(O)O. The fraction of sp³-hybridized carbons (Fsp3) is 1.00. The molecule has 0 atom stereocenters. The van der Waals surface area contributed by atoms with Crippen molar-refractivity contribution in [1.29, 1.82) is 0 Å². The first-order valence-electron chi connectivity index (χ1n) is 3.22. The standard InChI is InChI=1S/C5H17O3PSi/c1-9(6,7,8)5-10(2,3)4/h6-8H,5H2,1-4H3. The molecule has 0 rings (SSSR count). The first-order chi connectivity index (χ1) is 3.96. The van der Waals surface area contributed by atoms with Gasteiger partial charge in [0.1, 0.15) is 0 Å². The summed E-state index contributed by atoms with van der Waals surface area (Å²) in [4.78, 5) is 27.3. The van der Waals surface area contributed by atoms with E-state index >= 15 is 0 Å². The van der Waals surface area contributed by atoms with Crippen molar-refractivity contribution >= 4 is 15.4 Å². The van der Waals surface area contributed by atoms with Crippen molar-refractivity contribution in [3.63, 3.8) is 0 Å². The third-order valence-electron chi connectivity index (χ3n) is 0.845. The second-order valence-corrected chi connectivity index (χ2v) is 13.9. The van der Waals surface area contributed by atoms with Gasteiger partial charge < -0.3 is 0 Å². The van der Waals surface area contributed by atoms with Crippen LogP contribution in [0.4, 0.5) is 0 Å². The summed E-state index contributed by atoms with van der Waals surface area (Å²) in [6.07, 6.45) is 0. The Morgan fingerprint density at radius 1 is 1.10 bits per heavy atom. The molecule has 0 saturated carbocycles. The van der Waals surface area contributed by atoms with Crippen LogP contribution in [0.15, 0.2) is 0 Å². The monoisotopic (exact) mass is 184 g/mol. The summed E-state index contributed by atoms with van der Waals surface area (Å²) in [5.41, 5.74) is 0. The molecule has 0 fully saturated rings. The van der Waals surface area contributed by atoms with Crippen LogP contribution in [0.2, 0.25) is 19.6 Å². The van der Waals surface area contributed by atoms with Gasteiger partial charge >= 0.3 is 62.1 Å². The number of rotatable bonds is 2. The van der Waals surface area contributed by atoms with Gasteiger partial charge in [-0.15, -0.1) is 0 Å². The zero-order chi connectivity index (χ0) is 8.65. The Balaban J connectivity index is 4.18.